The van der Waals surface area contributed by atoms with Crippen molar-refractivity contribution in [1.82, 2.24) is 0 Å². The molecule has 24 heavy (non-hydrogen) atoms. The van der Waals surface area contributed by atoms with Crippen LogP contribution in [-0.2, 0) is 0 Å². The second kappa shape index (κ2) is 7.42. The molecule has 0 N–H and O–H groups in total. The molecule has 3 rings (SSSR count). The standard InChI is InChI=1S/C23H35O/c1-17-21(18-11-7-5-8-12-18)15-20(24-23(2,3)4)16-22(17)19-13-9-6-10-14-19/h15-16,18-19H,1,5-14H2,2-4H3/q-1. The van der Waals surface area contributed by atoms with E-state index in [1.54, 1.807) is 0 Å². The summed E-state index contributed by atoms with van der Waals surface area (Å²) in [5.41, 5.74) is 4.15. The Morgan fingerprint density at radius 2 is 1.21 bits per heavy atom. The van der Waals surface area contributed by atoms with E-state index in [1.165, 1.54) is 80.9 Å². The molecule has 0 saturated heterocycles. The average molecular weight is 328 g/mol. The lowest BCUT2D eigenvalue weighted by molar-refractivity contribution is 0.130. The molecular formula is C23H35O-. The van der Waals surface area contributed by atoms with Crippen molar-refractivity contribution in [2.24, 2.45) is 0 Å². The summed E-state index contributed by atoms with van der Waals surface area (Å²) in [6.07, 6.45) is 13.6. The topological polar surface area (TPSA) is 9.23 Å². The van der Waals surface area contributed by atoms with Crippen LogP contribution in [0.5, 0.6) is 5.75 Å². The van der Waals surface area contributed by atoms with Crippen LogP contribution in [0.15, 0.2) is 12.1 Å². The molecule has 0 atom stereocenters. The highest BCUT2D eigenvalue weighted by Gasteiger charge is 2.20. The van der Waals surface area contributed by atoms with Gasteiger partial charge in [0.2, 0.25) is 0 Å². The summed E-state index contributed by atoms with van der Waals surface area (Å²) >= 11 is 0. The van der Waals surface area contributed by atoms with Crippen molar-refractivity contribution >= 4 is 0 Å². The largest absolute Gasteiger partial charge is 0.490 e. The van der Waals surface area contributed by atoms with Gasteiger partial charge in [-0.2, -0.15) is 12.5 Å². The van der Waals surface area contributed by atoms with Crippen molar-refractivity contribution in [3.05, 3.63) is 35.7 Å². The van der Waals surface area contributed by atoms with Crippen LogP contribution < -0.4 is 4.74 Å². The predicted molar refractivity (Wildman–Crippen MR) is 103 cm³/mol. The smallest absolute Gasteiger partial charge is 0.101 e. The summed E-state index contributed by atoms with van der Waals surface area (Å²) in [5.74, 6) is 2.45. The monoisotopic (exact) mass is 327 g/mol. The number of benzene rings is 1. The Hall–Kier alpha value is -1.11. The summed E-state index contributed by atoms with van der Waals surface area (Å²) in [6.45, 7) is 11.0. The summed E-state index contributed by atoms with van der Waals surface area (Å²) in [7, 11) is 0. The van der Waals surface area contributed by atoms with Crippen molar-refractivity contribution < 1.29 is 4.74 Å². The van der Waals surface area contributed by atoms with Crippen LogP contribution in [0.1, 0.15) is 114 Å². The van der Waals surface area contributed by atoms with Gasteiger partial charge in [-0.1, -0.05) is 88.2 Å². The summed E-state index contributed by atoms with van der Waals surface area (Å²) < 4.78 is 6.29. The first-order valence-corrected chi connectivity index (χ1v) is 10.1. The first-order chi connectivity index (χ1) is 11.4. The zero-order valence-corrected chi connectivity index (χ0v) is 16.0. The SMILES string of the molecule is [CH2-]c1c(C2CCCCC2)cc(OC(C)(C)C)cc1C1CCCCC1. The third-order valence-electron chi connectivity index (χ3n) is 5.81. The zero-order chi connectivity index (χ0) is 17.2. The fourth-order valence-electron chi connectivity index (χ4n) is 4.66. The summed E-state index contributed by atoms with van der Waals surface area (Å²) in [5, 5.41) is 0. The number of ether oxygens (including phenoxy) is 1. The molecule has 1 aromatic rings. The van der Waals surface area contributed by atoms with Crippen LogP contribution in [-0.4, -0.2) is 5.60 Å². The van der Waals surface area contributed by atoms with E-state index in [4.69, 9.17) is 4.74 Å². The molecule has 0 bridgehead atoms. The van der Waals surface area contributed by atoms with Gasteiger partial charge in [0.25, 0.3) is 0 Å². The second-order valence-electron chi connectivity index (χ2n) is 8.96. The predicted octanol–water partition coefficient (Wildman–Crippen LogP) is 7.14. The van der Waals surface area contributed by atoms with E-state index in [0.29, 0.717) is 11.8 Å². The van der Waals surface area contributed by atoms with Crippen LogP contribution in [0, 0.1) is 6.92 Å². The molecule has 134 valence electrons. The van der Waals surface area contributed by atoms with Crippen LogP contribution in [0.25, 0.3) is 0 Å². The van der Waals surface area contributed by atoms with Crippen molar-refractivity contribution in [1.29, 1.82) is 0 Å². The lowest BCUT2D eigenvalue weighted by atomic mass is 9.77. The molecule has 1 nitrogen and oxygen atoms in total. The van der Waals surface area contributed by atoms with E-state index >= 15 is 0 Å². The van der Waals surface area contributed by atoms with Crippen molar-refractivity contribution in [3.8, 4) is 5.75 Å². The van der Waals surface area contributed by atoms with Crippen molar-refractivity contribution in [2.75, 3.05) is 0 Å². The second-order valence-corrected chi connectivity index (χ2v) is 8.96. The number of hydrogen-bond donors (Lipinski definition) is 0. The lowest BCUT2D eigenvalue weighted by Crippen LogP contribution is -2.23. The molecule has 0 unspecified atom stereocenters. The first-order valence-electron chi connectivity index (χ1n) is 10.1. The van der Waals surface area contributed by atoms with E-state index in [9.17, 15) is 0 Å². The van der Waals surface area contributed by atoms with Gasteiger partial charge in [-0.05, 0) is 20.8 Å². The Bertz CT molecular complexity index is 501. The third kappa shape index (κ3) is 4.29. The molecule has 2 aliphatic carbocycles. The van der Waals surface area contributed by atoms with Gasteiger partial charge < -0.3 is 4.74 Å². The minimum absolute atomic E-state index is 0.143. The van der Waals surface area contributed by atoms with Gasteiger partial charge in [0.05, 0.1) is 5.75 Å². The zero-order valence-electron chi connectivity index (χ0n) is 16.0. The lowest BCUT2D eigenvalue weighted by Gasteiger charge is -2.36. The fraction of sp³-hybridized carbons (Fsp3) is 0.696. The van der Waals surface area contributed by atoms with Gasteiger partial charge in [-0.15, -0.1) is 11.1 Å². The highest BCUT2D eigenvalue weighted by molar-refractivity contribution is 5.47. The number of hydrogen-bond acceptors (Lipinski definition) is 1. The molecule has 0 spiro atoms. The molecule has 0 aliphatic heterocycles. The molecule has 2 aliphatic rings. The van der Waals surface area contributed by atoms with E-state index in [-0.39, 0.29) is 5.60 Å². The molecule has 0 aromatic heterocycles. The Balaban J connectivity index is 1.97. The number of rotatable bonds is 3. The van der Waals surface area contributed by atoms with Crippen LogP contribution in [0.4, 0.5) is 0 Å². The van der Waals surface area contributed by atoms with Gasteiger partial charge in [-0.3, -0.25) is 0 Å². The fourth-order valence-corrected chi connectivity index (χ4v) is 4.66. The minimum Gasteiger partial charge on any atom is -0.490 e. The van der Waals surface area contributed by atoms with Gasteiger partial charge >= 0.3 is 0 Å². The Kier molecular flexibility index (Phi) is 5.47. The van der Waals surface area contributed by atoms with E-state index < -0.39 is 0 Å². The van der Waals surface area contributed by atoms with Crippen LogP contribution in [0.2, 0.25) is 0 Å². The van der Waals surface area contributed by atoms with Gasteiger partial charge in [0, 0.05) is 0 Å². The maximum atomic E-state index is 6.29. The van der Waals surface area contributed by atoms with E-state index in [2.05, 4.69) is 39.8 Å². The Morgan fingerprint density at radius 1 is 0.792 bits per heavy atom. The normalized spacial score (nSPS) is 21.0. The van der Waals surface area contributed by atoms with Crippen molar-refractivity contribution in [2.45, 2.75) is 102 Å². The molecule has 2 fully saturated rings. The quantitative estimate of drug-likeness (QED) is 0.536. The van der Waals surface area contributed by atoms with Gasteiger partial charge in [-0.25, -0.2) is 0 Å². The highest BCUT2D eigenvalue weighted by Crippen LogP contribution is 2.42. The van der Waals surface area contributed by atoms with Crippen LogP contribution >= 0.6 is 0 Å². The molecule has 0 heterocycles. The molecule has 0 amide bonds. The minimum atomic E-state index is -0.143. The van der Waals surface area contributed by atoms with Gasteiger partial charge in [0.1, 0.15) is 5.60 Å². The summed E-state index contributed by atoms with van der Waals surface area (Å²) in [6, 6.07) is 4.63. The molecule has 2 saturated carbocycles. The maximum Gasteiger partial charge on any atom is 0.101 e. The first kappa shape index (κ1) is 17.7. The Morgan fingerprint density at radius 3 is 1.58 bits per heavy atom. The molecular weight excluding hydrogens is 292 g/mol. The summed E-state index contributed by atoms with van der Waals surface area (Å²) in [4.78, 5) is 0. The maximum absolute atomic E-state index is 6.29. The molecule has 0 radical (unpaired) electrons. The molecule has 1 heteroatoms. The van der Waals surface area contributed by atoms with Gasteiger partial charge in [0.15, 0.2) is 0 Å². The molecule has 1 aromatic carbocycles. The average Bonchev–Trinajstić information content (AvgIpc) is 2.56. The van der Waals surface area contributed by atoms with E-state index in [0.717, 1.165) is 5.75 Å². The highest BCUT2D eigenvalue weighted by atomic mass is 16.5. The van der Waals surface area contributed by atoms with Crippen molar-refractivity contribution in [3.63, 3.8) is 0 Å². The van der Waals surface area contributed by atoms with E-state index in [1.807, 2.05) is 0 Å². The third-order valence-corrected chi connectivity index (χ3v) is 5.81. The Labute approximate surface area is 149 Å². The van der Waals surface area contributed by atoms with Crippen LogP contribution in [0.3, 0.4) is 0 Å².